The lowest BCUT2D eigenvalue weighted by atomic mass is 10.4. The summed E-state index contributed by atoms with van der Waals surface area (Å²) in [4.78, 5) is 0. The monoisotopic (exact) mass is 342 g/mol. The number of hydrogen-bond acceptors (Lipinski definition) is 5. The molecule has 122 valence electrons. The number of alkyl halides is 2. The summed E-state index contributed by atoms with van der Waals surface area (Å²) < 4.78 is 32.7. The van der Waals surface area contributed by atoms with Gasteiger partial charge < -0.3 is 4.42 Å². The molecule has 23 heavy (non-hydrogen) atoms. The third-order valence-electron chi connectivity index (χ3n) is 3.32. The third-order valence-corrected chi connectivity index (χ3v) is 3.87. The summed E-state index contributed by atoms with van der Waals surface area (Å²) in [7, 11) is 0. The Bertz CT molecular complexity index is 824. The Labute approximate surface area is 134 Å². The molecule has 0 spiro atoms. The minimum atomic E-state index is -2.71. The van der Waals surface area contributed by atoms with Gasteiger partial charge in [-0.25, -0.2) is 4.68 Å². The molecule has 0 aliphatic carbocycles. The molecule has 0 saturated heterocycles. The van der Waals surface area contributed by atoms with Gasteiger partial charge in [0.2, 0.25) is 5.89 Å². The van der Waals surface area contributed by atoms with Gasteiger partial charge in [0, 0.05) is 19.2 Å². The fourth-order valence-electron chi connectivity index (χ4n) is 2.11. The first-order valence-corrected chi connectivity index (χ1v) is 7.19. The molecule has 3 aromatic heterocycles. The van der Waals surface area contributed by atoms with Gasteiger partial charge in [0.05, 0.1) is 16.4 Å². The van der Waals surface area contributed by atoms with Gasteiger partial charge in [0.15, 0.2) is 0 Å². The topological polar surface area (TPSA) is 74.6 Å². The van der Waals surface area contributed by atoms with Crippen molar-refractivity contribution in [2.75, 3.05) is 0 Å². The standard InChI is InChI=1S/C13H13ClF2N6O/c1-7-11(14)8(2)21(19-7)6-4-10-17-18-12(23-10)9-3-5-22(20-9)13(15)16/h3,5,13H,4,6H2,1-2H3. The number of halogens is 3. The van der Waals surface area contributed by atoms with Crippen LogP contribution in [0.1, 0.15) is 23.8 Å². The molecule has 0 aliphatic rings. The van der Waals surface area contributed by atoms with Crippen molar-refractivity contribution in [1.29, 1.82) is 0 Å². The molecule has 0 bridgehead atoms. The van der Waals surface area contributed by atoms with Gasteiger partial charge in [-0.3, -0.25) is 4.68 Å². The molecule has 10 heteroatoms. The zero-order valence-electron chi connectivity index (χ0n) is 12.4. The van der Waals surface area contributed by atoms with E-state index < -0.39 is 6.55 Å². The van der Waals surface area contributed by atoms with Gasteiger partial charge in [0.25, 0.3) is 5.89 Å². The highest BCUT2D eigenvalue weighted by atomic mass is 35.5. The van der Waals surface area contributed by atoms with E-state index in [1.165, 1.54) is 6.07 Å². The molecule has 7 nitrogen and oxygen atoms in total. The second-order valence-electron chi connectivity index (χ2n) is 4.92. The van der Waals surface area contributed by atoms with Crippen LogP contribution in [0.3, 0.4) is 0 Å². The zero-order chi connectivity index (χ0) is 16.6. The van der Waals surface area contributed by atoms with E-state index >= 15 is 0 Å². The lowest BCUT2D eigenvalue weighted by molar-refractivity contribution is 0.0568. The number of aromatic nitrogens is 6. The number of nitrogens with zero attached hydrogens (tertiary/aromatic N) is 6. The molecule has 3 rings (SSSR count). The molecule has 0 aromatic carbocycles. The van der Waals surface area contributed by atoms with E-state index in [4.69, 9.17) is 16.0 Å². The first-order valence-electron chi connectivity index (χ1n) is 6.81. The Morgan fingerprint density at radius 1 is 1.26 bits per heavy atom. The van der Waals surface area contributed by atoms with Gasteiger partial charge in [-0.15, -0.1) is 10.2 Å². The van der Waals surface area contributed by atoms with Gasteiger partial charge in [-0.2, -0.15) is 19.0 Å². The van der Waals surface area contributed by atoms with Gasteiger partial charge in [-0.05, 0) is 19.9 Å². The Hall–Kier alpha value is -2.29. The normalized spacial score (nSPS) is 11.6. The van der Waals surface area contributed by atoms with Crippen molar-refractivity contribution >= 4 is 11.6 Å². The molecule has 0 radical (unpaired) electrons. The van der Waals surface area contributed by atoms with Crippen LogP contribution in [-0.2, 0) is 13.0 Å². The Kier molecular flexibility index (Phi) is 4.12. The molecular formula is C13H13ClF2N6O. The van der Waals surface area contributed by atoms with Gasteiger partial charge >= 0.3 is 6.55 Å². The molecule has 3 aromatic rings. The molecule has 0 N–H and O–H groups in total. The summed E-state index contributed by atoms with van der Waals surface area (Å²) in [6, 6.07) is 1.39. The van der Waals surface area contributed by atoms with E-state index in [0.717, 1.165) is 17.6 Å². The lowest BCUT2D eigenvalue weighted by Crippen LogP contribution is -2.05. The van der Waals surface area contributed by atoms with E-state index in [0.29, 0.717) is 28.6 Å². The highest BCUT2D eigenvalue weighted by Gasteiger charge is 2.15. The SMILES string of the molecule is Cc1nn(CCc2nnc(-c3ccn(C(F)F)n3)o2)c(C)c1Cl. The number of rotatable bonds is 5. The quantitative estimate of drug-likeness (QED) is 0.712. The lowest BCUT2D eigenvalue weighted by Gasteiger charge is -2.01. The summed E-state index contributed by atoms with van der Waals surface area (Å²) in [5.41, 5.74) is 1.82. The van der Waals surface area contributed by atoms with Crippen molar-refractivity contribution in [3.63, 3.8) is 0 Å². The summed E-state index contributed by atoms with van der Waals surface area (Å²) in [6.45, 7) is 1.52. The van der Waals surface area contributed by atoms with Crippen molar-refractivity contribution in [1.82, 2.24) is 29.8 Å². The third kappa shape index (κ3) is 3.09. The van der Waals surface area contributed by atoms with Crippen LogP contribution >= 0.6 is 11.6 Å². The van der Waals surface area contributed by atoms with Crippen LogP contribution in [0.25, 0.3) is 11.6 Å². The Morgan fingerprint density at radius 2 is 2.04 bits per heavy atom. The maximum atomic E-state index is 12.5. The molecule has 0 atom stereocenters. The predicted octanol–water partition coefficient (Wildman–Crippen LogP) is 3.04. The minimum Gasteiger partial charge on any atom is -0.419 e. The summed E-state index contributed by atoms with van der Waals surface area (Å²) in [6.07, 6.45) is 1.60. The molecular weight excluding hydrogens is 330 g/mol. The van der Waals surface area contributed by atoms with Crippen LogP contribution in [-0.4, -0.2) is 29.8 Å². The maximum Gasteiger partial charge on any atom is 0.333 e. The van der Waals surface area contributed by atoms with Crippen LogP contribution in [0.4, 0.5) is 8.78 Å². The fraction of sp³-hybridized carbons (Fsp3) is 0.385. The van der Waals surface area contributed by atoms with Crippen LogP contribution < -0.4 is 0 Å². The van der Waals surface area contributed by atoms with E-state index in [2.05, 4.69) is 20.4 Å². The van der Waals surface area contributed by atoms with Crippen LogP contribution in [0.15, 0.2) is 16.7 Å². The van der Waals surface area contributed by atoms with Crippen molar-refractivity contribution in [2.45, 2.75) is 33.4 Å². The highest BCUT2D eigenvalue weighted by Crippen LogP contribution is 2.20. The molecule has 0 aliphatic heterocycles. The first kappa shape index (κ1) is 15.6. The van der Waals surface area contributed by atoms with E-state index in [1.807, 2.05) is 13.8 Å². The number of hydrogen-bond donors (Lipinski definition) is 0. The molecule has 0 unspecified atom stereocenters. The minimum absolute atomic E-state index is 0.103. The van der Waals surface area contributed by atoms with Crippen molar-refractivity contribution in [2.24, 2.45) is 0 Å². The largest absolute Gasteiger partial charge is 0.419 e. The first-order chi connectivity index (χ1) is 11.0. The zero-order valence-corrected chi connectivity index (χ0v) is 13.1. The molecule has 0 saturated carbocycles. The van der Waals surface area contributed by atoms with Gasteiger partial charge in [0.1, 0.15) is 5.69 Å². The summed E-state index contributed by atoms with van der Waals surface area (Å²) in [5.74, 6) is 0.473. The van der Waals surface area contributed by atoms with E-state index in [-0.39, 0.29) is 11.6 Å². The van der Waals surface area contributed by atoms with E-state index in [1.54, 1.807) is 4.68 Å². The average Bonchev–Trinajstić information content (AvgIpc) is 3.21. The Morgan fingerprint density at radius 3 is 2.65 bits per heavy atom. The summed E-state index contributed by atoms with van der Waals surface area (Å²) in [5, 5.41) is 16.3. The summed E-state index contributed by atoms with van der Waals surface area (Å²) >= 11 is 6.09. The molecule has 3 heterocycles. The van der Waals surface area contributed by atoms with Crippen molar-refractivity contribution in [3.8, 4) is 11.6 Å². The maximum absolute atomic E-state index is 12.5. The fourth-order valence-corrected chi connectivity index (χ4v) is 2.25. The van der Waals surface area contributed by atoms with Crippen molar-refractivity contribution in [3.05, 3.63) is 34.6 Å². The second kappa shape index (κ2) is 6.07. The Balaban J connectivity index is 1.70. The van der Waals surface area contributed by atoms with Crippen molar-refractivity contribution < 1.29 is 13.2 Å². The van der Waals surface area contributed by atoms with Crippen LogP contribution in [0, 0.1) is 13.8 Å². The van der Waals surface area contributed by atoms with E-state index in [9.17, 15) is 8.78 Å². The van der Waals surface area contributed by atoms with Crippen LogP contribution in [0.5, 0.6) is 0 Å². The van der Waals surface area contributed by atoms with Crippen LogP contribution in [0.2, 0.25) is 5.02 Å². The molecule has 0 amide bonds. The average molecular weight is 343 g/mol. The smallest absolute Gasteiger partial charge is 0.333 e. The predicted molar refractivity (Wildman–Crippen MR) is 77.2 cm³/mol. The van der Waals surface area contributed by atoms with Gasteiger partial charge in [-0.1, -0.05) is 11.6 Å². The number of aryl methyl sites for hydroxylation is 3. The highest BCUT2D eigenvalue weighted by molar-refractivity contribution is 6.31. The molecule has 0 fully saturated rings. The second-order valence-corrected chi connectivity index (χ2v) is 5.30.